The van der Waals surface area contributed by atoms with Crippen LogP contribution in [-0.2, 0) is 4.79 Å². The highest BCUT2D eigenvalue weighted by molar-refractivity contribution is 9.10. The number of benzene rings is 1. The van der Waals surface area contributed by atoms with Gasteiger partial charge in [-0.05, 0) is 48.3 Å². The normalized spacial score (nSPS) is 17.7. The van der Waals surface area contributed by atoms with Crippen molar-refractivity contribution in [3.63, 3.8) is 0 Å². The number of rotatable bonds is 3. The molecule has 1 aliphatic heterocycles. The number of anilines is 1. The van der Waals surface area contributed by atoms with Gasteiger partial charge in [0, 0.05) is 23.6 Å². The van der Waals surface area contributed by atoms with E-state index in [1.165, 1.54) is 5.69 Å². The van der Waals surface area contributed by atoms with E-state index in [4.69, 9.17) is 5.73 Å². The first-order valence-electron chi connectivity index (χ1n) is 6.47. The van der Waals surface area contributed by atoms with Gasteiger partial charge in [-0.2, -0.15) is 0 Å². The summed E-state index contributed by atoms with van der Waals surface area (Å²) in [5.41, 5.74) is 6.15. The summed E-state index contributed by atoms with van der Waals surface area (Å²) in [7, 11) is 0. The van der Waals surface area contributed by atoms with E-state index in [0.717, 1.165) is 24.0 Å². The van der Waals surface area contributed by atoms with Gasteiger partial charge in [-0.1, -0.05) is 12.1 Å². The summed E-state index contributed by atoms with van der Waals surface area (Å²) < 4.78 is 1.08. The molecular weight excluding hydrogens is 377 g/mol. The monoisotopic (exact) mass is 397 g/mol. The van der Waals surface area contributed by atoms with Crippen molar-refractivity contribution in [2.24, 2.45) is 5.73 Å². The first kappa shape index (κ1) is 20.5. The van der Waals surface area contributed by atoms with Gasteiger partial charge in [0.25, 0.3) is 0 Å². The molecule has 1 atom stereocenters. The van der Waals surface area contributed by atoms with E-state index in [1.54, 1.807) is 13.8 Å². The highest BCUT2D eigenvalue weighted by Gasteiger charge is 2.29. The van der Waals surface area contributed by atoms with Crippen LogP contribution in [0.3, 0.4) is 0 Å². The first-order chi connectivity index (χ1) is 8.88. The second kappa shape index (κ2) is 8.22. The lowest BCUT2D eigenvalue weighted by Crippen LogP contribution is -2.52. The Morgan fingerprint density at radius 2 is 2.00 bits per heavy atom. The molecular formula is C14H22BrCl2N3O. The standard InChI is InChI=1S/C14H20BrN3O.2ClH/c1-14(2,16)13(19)17-10-7-8-18(9-10)12-6-4-3-5-11(12)15;;/h3-6,10H,7-9,16H2,1-2H3,(H,17,19);2*1H. The molecule has 1 amide bonds. The number of nitrogens with one attached hydrogen (secondary N) is 1. The van der Waals surface area contributed by atoms with Gasteiger partial charge in [-0.25, -0.2) is 0 Å². The van der Waals surface area contributed by atoms with Gasteiger partial charge >= 0.3 is 0 Å². The van der Waals surface area contributed by atoms with Crippen LogP contribution in [0.15, 0.2) is 28.7 Å². The van der Waals surface area contributed by atoms with Crippen LogP contribution in [0, 0.1) is 0 Å². The van der Waals surface area contributed by atoms with Crippen LogP contribution >= 0.6 is 40.7 Å². The van der Waals surface area contributed by atoms with E-state index in [0.29, 0.717) is 0 Å². The SMILES string of the molecule is CC(C)(N)C(=O)NC1CCN(c2ccccc2Br)C1.Cl.Cl. The van der Waals surface area contributed by atoms with E-state index in [2.05, 4.69) is 32.2 Å². The molecule has 1 fully saturated rings. The molecule has 1 aliphatic rings. The van der Waals surface area contributed by atoms with Crippen LogP contribution in [0.5, 0.6) is 0 Å². The summed E-state index contributed by atoms with van der Waals surface area (Å²) in [5, 5.41) is 3.02. The number of amides is 1. The van der Waals surface area contributed by atoms with Crippen LogP contribution in [0.2, 0.25) is 0 Å². The molecule has 1 aromatic rings. The lowest BCUT2D eigenvalue weighted by Gasteiger charge is -2.23. The Bertz CT molecular complexity index is 480. The number of carbonyl (C=O) groups is 1. The Morgan fingerprint density at radius 1 is 1.38 bits per heavy atom. The van der Waals surface area contributed by atoms with Crippen LogP contribution in [-0.4, -0.2) is 30.6 Å². The number of hydrogen-bond donors (Lipinski definition) is 2. The molecule has 4 nitrogen and oxygen atoms in total. The number of carbonyl (C=O) groups excluding carboxylic acids is 1. The highest BCUT2D eigenvalue weighted by atomic mass is 79.9. The molecule has 0 saturated carbocycles. The lowest BCUT2D eigenvalue weighted by molar-refractivity contribution is -0.125. The predicted molar refractivity (Wildman–Crippen MR) is 95.7 cm³/mol. The van der Waals surface area contributed by atoms with E-state index in [9.17, 15) is 4.79 Å². The zero-order valence-corrected chi connectivity index (χ0v) is 15.4. The molecule has 1 unspecified atom stereocenters. The Balaban J connectivity index is 0.00000200. The largest absolute Gasteiger partial charge is 0.368 e. The fraction of sp³-hybridized carbons (Fsp3) is 0.500. The van der Waals surface area contributed by atoms with Gasteiger partial charge in [-0.15, -0.1) is 24.8 Å². The maximum absolute atomic E-state index is 11.9. The summed E-state index contributed by atoms with van der Waals surface area (Å²) in [6, 6.07) is 8.31. The van der Waals surface area contributed by atoms with E-state index in [-0.39, 0.29) is 36.8 Å². The average molecular weight is 399 g/mol. The van der Waals surface area contributed by atoms with Gasteiger partial charge in [-0.3, -0.25) is 4.79 Å². The molecule has 1 heterocycles. The smallest absolute Gasteiger partial charge is 0.239 e. The Morgan fingerprint density at radius 3 is 2.57 bits per heavy atom. The van der Waals surface area contributed by atoms with Gasteiger partial charge in [0.05, 0.1) is 11.2 Å². The van der Waals surface area contributed by atoms with E-state index >= 15 is 0 Å². The van der Waals surface area contributed by atoms with Crippen molar-refractivity contribution in [2.45, 2.75) is 31.8 Å². The third-order valence-corrected chi connectivity index (χ3v) is 3.97. The highest BCUT2D eigenvalue weighted by Crippen LogP contribution is 2.28. The van der Waals surface area contributed by atoms with Crippen molar-refractivity contribution in [3.8, 4) is 0 Å². The van der Waals surface area contributed by atoms with Crippen molar-refractivity contribution in [2.75, 3.05) is 18.0 Å². The average Bonchev–Trinajstić information content (AvgIpc) is 2.76. The second-order valence-electron chi connectivity index (χ2n) is 5.58. The first-order valence-corrected chi connectivity index (χ1v) is 7.26. The summed E-state index contributed by atoms with van der Waals surface area (Å²) in [5.74, 6) is -0.0912. The van der Waals surface area contributed by atoms with Crippen molar-refractivity contribution >= 4 is 52.3 Å². The minimum Gasteiger partial charge on any atom is -0.368 e. The zero-order chi connectivity index (χ0) is 14.0. The van der Waals surface area contributed by atoms with Crippen molar-refractivity contribution in [1.29, 1.82) is 0 Å². The Hall–Kier alpha value is -0.490. The zero-order valence-electron chi connectivity index (χ0n) is 12.1. The molecule has 0 aromatic heterocycles. The van der Waals surface area contributed by atoms with Crippen LogP contribution in [0.4, 0.5) is 5.69 Å². The van der Waals surface area contributed by atoms with Crippen molar-refractivity contribution < 1.29 is 4.79 Å². The van der Waals surface area contributed by atoms with E-state index < -0.39 is 5.54 Å². The van der Waals surface area contributed by atoms with Crippen molar-refractivity contribution in [1.82, 2.24) is 5.32 Å². The lowest BCUT2D eigenvalue weighted by atomic mass is 10.1. The molecule has 21 heavy (non-hydrogen) atoms. The third-order valence-electron chi connectivity index (χ3n) is 3.30. The summed E-state index contributed by atoms with van der Waals surface area (Å²) in [6.45, 7) is 5.22. The second-order valence-corrected chi connectivity index (χ2v) is 6.43. The molecule has 3 N–H and O–H groups in total. The summed E-state index contributed by atoms with van der Waals surface area (Å²) in [4.78, 5) is 14.1. The third kappa shape index (κ3) is 5.33. The molecule has 0 radical (unpaired) electrons. The molecule has 7 heteroatoms. The molecule has 2 rings (SSSR count). The topological polar surface area (TPSA) is 58.4 Å². The fourth-order valence-electron chi connectivity index (χ4n) is 2.18. The van der Waals surface area contributed by atoms with Gasteiger partial charge in [0.1, 0.15) is 0 Å². The number of hydrogen-bond acceptors (Lipinski definition) is 3. The van der Waals surface area contributed by atoms with Crippen molar-refractivity contribution in [3.05, 3.63) is 28.7 Å². The minimum absolute atomic E-state index is 0. The predicted octanol–water partition coefficient (Wildman–Crippen LogP) is 2.72. The summed E-state index contributed by atoms with van der Waals surface area (Å²) >= 11 is 3.56. The molecule has 0 aliphatic carbocycles. The molecule has 1 aromatic carbocycles. The number of para-hydroxylation sites is 1. The Kier molecular flexibility index (Phi) is 8.03. The van der Waals surface area contributed by atoms with Crippen LogP contribution < -0.4 is 16.0 Å². The maximum atomic E-state index is 11.9. The molecule has 120 valence electrons. The quantitative estimate of drug-likeness (QED) is 0.822. The molecule has 0 bridgehead atoms. The van der Waals surface area contributed by atoms with Gasteiger partial charge in [0.15, 0.2) is 0 Å². The van der Waals surface area contributed by atoms with Gasteiger partial charge < -0.3 is 16.0 Å². The summed E-state index contributed by atoms with van der Waals surface area (Å²) in [6.07, 6.45) is 0.948. The van der Waals surface area contributed by atoms with Crippen LogP contribution in [0.25, 0.3) is 0 Å². The minimum atomic E-state index is -0.819. The number of nitrogens with zero attached hydrogens (tertiary/aromatic N) is 1. The van der Waals surface area contributed by atoms with E-state index in [1.807, 2.05) is 18.2 Å². The Labute approximate surface area is 146 Å². The molecule has 0 spiro atoms. The van der Waals surface area contributed by atoms with Crippen LogP contribution in [0.1, 0.15) is 20.3 Å². The fourth-order valence-corrected chi connectivity index (χ4v) is 2.71. The number of nitrogens with two attached hydrogens (primary N) is 1. The molecule has 1 saturated heterocycles. The number of halogens is 3. The maximum Gasteiger partial charge on any atom is 0.239 e. The van der Waals surface area contributed by atoms with Gasteiger partial charge in [0.2, 0.25) is 5.91 Å².